The van der Waals surface area contributed by atoms with Gasteiger partial charge in [-0.05, 0) is 44.0 Å². The Morgan fingerprint density at radius 2 is 2.06 bits per heavy atom. The minimum Gasteiger partial charge on any atom is -0.495 e. The van der Waals surface area contributed by atoms with E-state index in [1.165, 1.54) is 22.2 Å². The Morgan fingerprint density at radius 1 is 1.31 bits per heavy atom. The van der Waals surface area contributed by atoms with Gasteiger partial charge in [-0.25, -0.2) is 0 Å². The van der Waals surface area contributed by atoms with Crippen molar-refractivity contribution < 1.29 is 4.74 Å². The molecule has 3 heteroatoms. The van der Waals surface area contributed by atoms with E-state index < -0.39 is 0 Å². The molecule has 0 spiro atoms. The lowest BCUT2D eigenvalue weighted by Crippen LogP contribution is -2.03. The van der Waals surface area contributed by atoms with E-state index in [2.05, 4.69) is 24.9 Å². The van der Waals surface area contributed by atoms with Crippen molar-refractivity contribution in [1.82, 2.24) is 4.98 Å². The van der Waals surface area contributed by atoms with E-state index in [9.17, 15) is 0 Å². The summed E-state index contributed by atoms with van der Waals surface area (Å²) >= 11 is 0. The van der Waals surface area contributed by atoms with Gasteiger partial charge in [0.05, 0.1) is 12.6 Å². The SMILES string of the molecule is COc1ccc(C)c2c(CCN)c(C)[nH]c12. The molecule has 2 rings (SSSR count). The maximum Gasteiger partial charge on any atom is 0.142 e. The monoisotopic (exact) mass is 218 g/mol. The molecule has 3 N–H and O–H groups in total. The molecule has 0 bridgehead atoms. The van der Waals surface area contributed by atoms with E-state index in [4.69, 9.17) is 10.5 Å². The third kappa shape index (κ3) is 1.57. The molecule has 0 saturated carbocycles. The molecule has 0 saturated heterocycles. The Morgan fingerprint density at radius 3 is 2.69 bits per heavy atom. The van der Waals surface area contributed by atoms with Crippen LogP contribution in [0.2, 0.25) is 0 Å². The van der Waals surface area contributed by atoms with Crippen LogP contribution in [0.5, 0.6) is 5.75 Å². The van der Waals surface area contributed by atoms with Crippen LogP contribution in [0.4, 0.5) is 0 Å². The van der Waals surface area contributed by atoms with Crippen molar-refractivity contribution in [2.75, 3.05) is 13.7 Å². The number of H-pyrrole nitrogens is 1. The van der Waals surface area contributed by atoms with Gasteiger partial charge in [0.25, 0.3) is 0 Å². The molecule has 2 aromatic rings. The number of fused-ring (bicyclic) bond motifs is 1. The molecule has 0 radical (unpaired) electrons. The highest BCUT2D eigenvalue weighted by Gasteiger charge is 2.13. The molecule has 0 aliphatic carbocycles. The van der Waals surface area contributed by atoms with Crippen molar-refractivity contribution in [3.8, 4) is 5.75 Å². The van der Waals surface area contributed by atoms with Crippen LogP contribution in [0, 0.1) is 13.8 Å². The Hall–Kier alpha value is -1.48. The molecular weight excluding hydrogens is 200 g/mol. The first-order chi connectivity index (χ1) is 7.69. The first-order valence-corrected chi connectivity index (χ1v) is 5.53. The van der Waals surface area contributed by atoms with Crippen LogP contribution in [0.1, 0.15) is 16.8 Å². The van der Waals surface area contributed by atoms with E-state index in [0.717, 1.165) is 17.7 Å². The summed E-state index contributed by atoms with van der Waals surface area (Å²) in [5.41, 5.74) is 10.5. The van der Waals surface area contributed by atoms with E-state index in [0.29, 0.717) is 6.54 Å². The van der Waals surface area contributed by atoms with Gasteiger partial charge in [0.15, 0.2) is 0 Å². The number of methoxy groups -OCH3 is 1. The summed E-state index contributed by atoms with van der Waals surface area (Å²) in [5, 5.41) is 1.27. The number of ether oxygens (including phenoxy) is 1. The van der Waals surface area contributed by atoms with Crippen molar-refractivity contribution in [2.45, 2.75) is 20.3 Å². The topological polar surface area (TPSA) is 51.0 Å². The van der Waals surface area contributed by atoms with Crippen LogP contribution in [0.25, 0.3) is 10.9 Å². The highest BCUT2D eigenvalue weighted by Crippen LogP contribution is 2.32. The van der Waals surface area contributed by atoms with Crippen LogP contribution in [-0.2, 0) is 6.42 Å². The number of rotatable bonds is 3. The molecule has 0 unspecified atom stereocenters. The second-order valence-corrected chi connectivity index (χ2v) is 4.10. The Bertz CT molecular complexity index is 514. The predicted octanol–water partition coefficient (Wildman–Crippen LogP) is 2.29. The third-order valence-corrected chi connectivity index (χ3v) is 3.06. The van der Waals surface area contributed by atoms with Gasteiger partial charge in [-0.15, -0.1) is 0 Å². The van der Waals surface area contributed by atoms with Gasteiger partial charge in [0, 0.05) is 11.1 Å². The summed E-state index contributed by atoms with van der Waals surface area (Å²) in [6.45, 7) is 4.88. The first kappa shape index (κ1) is 11.0. The maximum absolute atomic E-state index is 5.66. The average Bonchev–Trinajstić information content (AvgIpc) is 2.58. The standard InChI is InChI=1S/C13H18N2O/c1-8-4-5-11(16-3)13-12(8)10(6-7-14)9(2)15-13/h4-5,15H,6-7,14H2,1-3H3. The molecule has 0 aliphatic heterocycles. The van der Waals surface area contributed by atoms with Gasteiger partial charge >= 0.3 is 0 Å². The molecule has 1 aromatic heterocycles. The fraction of sp³-hybridized carbons (Fsp3) is 0.385. The first-order valence-electron chi connectivity index (χ1n) is 5.53. The number of nitrogens with one attached hydrogen (secondary N) is 1. The zero-order valence-electron chi connectivity index (χ0n) is 10.1. The van der Waals surface area contributed by atoms with Gasteiger partial charge in [0.2, 0.25) is 0 Å². The maximum atomic E-state index is 5.66. The Kier molecular flexibility index (Phi) is 2.88. The largest absolute Gasteiger partial charge is 0.495 e. The van der Waals surface area contributed by atoms with Crippen molar-refractivity contribution in [3.63, 3.8) is 0 Å². The highest BCUT2D eigenvalue weighted by atomic mass is 16.5. The third-order valence-electron chi connectivity index (χ3n) is 3.06. The van der Waals surface area contributed by atoms with E-state index >= 15 is 0 Å². The average molecular weight is 218 g/mol. The molecule has 0 fully saturated rings. The number of hydrogen-bond acceptors (Lipinski definition) is 2. The number of nitrogens with two attached hydrogens (primary N) is 1. The van der Waals surface area contributed by atoms with E-state index in [-0.39, 0.29) is 0 Å². The molecular formula is C13H18N2O. The highest BCUT2D eigenvalue weighted by molar-refractivity contribution is 5.92. The zero-order valence-corrected chi connectivity index (χ0v) is 10.1. The molecule has 16 heavy (non-hydrogen) atoms. The number of hydrogen-bond donors (Lipinski definition) is 2. The van der Waals surface area contributed by atoms with Crippen LogP contribution < -0.4 is 10.5 Å². The smallest absolute Gasteiger partial charge is 0.142 e. The van der Waals surface area contributed by atoms with Crippen LogP contribution in [0.3, 0.4) is 0 Å². The fourth-order valence-corrected chi connectivity index (χ4v) is 2.28. The summed E-state index contributed by atoms with van der Waals surface area (Å²) in [6.07, 6.45) is 0.903. The number of aryl methyl sites for hydroxylation is 2. The molecule has 0 amide bonds. The zero-order chi connectivity index (χ0) is 11.7. The lowest BCUT2D eigenvalue weighted by atomic mass is 10.0. The van der Waals surface area contributed by atoms with Crippen molar-refractivity contribution >= 4 is 10.9 Å². The molecule has 86 valence electrons. The Balaban J connectivity index is 2.76. The molecule has 0 aliphatic rings. The lowest BCUT2D eigenvalue weighted by molar-refractivity contribution is 0.419. The van der Waals surface area contributed by atoms with Crippen LogP contribution in [-0.4, -0.2) is 18.6 Å². The van der Waals surface area contributed by atoms with Crippen LogP contribution >= 0.6 is 0 Å². The van der Waals surface area contributed by atoms with Crippen molar-refractivity contribution in [2.24, 2.45) is 5.73 Å². The predicted molar refractivity (Wildman–Crippen MR) is 67.1 cm³/mol. The molecule has 1 heterocycles. The van der Waals surface area contributed by atoms with Crippen molar-refractivity contribution in [1.29, 1.82) is 0 Å². The summed E-state index contributed by atoms with van der Waals surface area (Å²) in [7, 11) is 1.70. The summed E-state index contributed by atoms with van der Waals surface area (Å²) in [4.78, 5) is 3.39. The van der Waals surface area contributed by atoms with Crippen LogP contribution in [0.15, 0.2) is 12.1 Å². The van der Waals surface area contributed by atoms with Gasteiger partial charge in [-0.1, -0.05) is 6.07 Å². The summed E-state index contributed by atoms with van der Waals surface area (Å²) in [5.74, 6) is 0.895. The second kappa shape index (κ2) is 4.18. The number of aromatic amines is 1. The minimum absolute atomic E-state index is 0.671. The van der Waals surface area contributed by atoms with Gasteiger partial charge in [-0.3, -0.25) is 0 Å². The minimum atomic E-state index is 0.671. The normalized spacial score (nSPS) is 11.0. The van der Waals surface area contributed by atoms with Gasteiger partial charge in [-0.2, -0.15) is 0 Å². The van der Waals surface area contributed by atoms with Crippen molar-refractivity contribution in [3.05, 3.63) is 29.0 Å². The quantitative estimate of drug-likeness (QED) is 0.830. The lowest BCUT2D eigenvalue weighted by Gasteiger charge is -2.05. The van der Waals surface area contributed by atoms with Gasteiger partial charge < -0.3 is 15.5 Å². The molecule has 3 nitrogen and oxygen atoms in total. The van der Waals surface area contributed by atoms with E-state index in [1.807, 2.05) is 6.07 Å². The molecule has 0 atom stereocenters. The van der Waals surface area contributed by atoms with E-state index in [1.54, 1.807) is 7.11 Å². The summed E-state index contributed by atoms with van der Waals surface area (Å²) < 4.78 is 5.37. The fourth-order valence-electron chi connectivity index (χ4n) is 2.28. The second-order valence-electron chi connectivity index (χ2n) is 4.10. The summed E-state index contributed by atoms with van der Waals surface area (Å²) in [6, 6.07) is 4.09. The number of aromatic nitrogens is 1. The Labute approximate surface area is 95.6 Å². The van der Waals surface area contributed by atoms with Gasteiger partial charge in [0.1, 0.15) is 5.75 Å². The molecule has 1 aromatic carbocycles. The number of benzene rings is 1.